The second-order valence-electron chi connectivity index (χ2n) is 6.92. The number of nitrogens with zero attached hydrogens (tertiary/aromatic N) is 1. The molecule has 0 bridgehead atoms. The molecule has 2 atom stereocenters. The van der Waals surface area contributed by atoms with E-state index in [2.05, 4.69) is 5.32 Å². The highest BCUT2D eigenvalue weighted by molar-refractivity contribution is 7.93. The molecule has 2 unspecified atom stereocenters. The Balaban J connectivity index is 1.94. The predicted octanol–water partition coefficient (Wildman–Crippen LogP) is 1.63. The number of rotatable bonds is 5. The smallest absolute Gasteiger partial charge is 0.264 e. The SMILES string of the molecule is CCN1c2cc(C(=O)NCc3ccccc3F)ccc2S(=O)(=O)C(C(=O)NO)C1C. The van der Waals surface area contributed by atoms with E-state index in [0.717, 1.165) is 0 Å². The molecule has 0 aliphatic carbocycles. The van der Waals surface area contributed by atoms with Crippen molar-refractivity contribution in [2.75, 3.05) is 11.4 Å². The van der Waals surface area contributed by atoms with Crippen LogP contribution < -0.4 is 15.7 Å². The standard InChI is InChI=1S/C20H22FN3O5S/c1-3-24-12(2)18(20(26)23-27)30(28,29)17-9-8-13(10-16(17)24)19(25)22-11-14-6-4-5-7-15(14)21/h4-10,12,18,27H,3,11H2,1-2H3,(H,22,25)(H,23,26). The second kappa shape index (κ2) is 8.41. The molecule has 8 nitrogen and oxygen atoms in total. The lowest BCUT2D eigenvalue weighted by Crippen LogP contribution is -2.56. The third-order valence-corrected chi connectivity index (χ3v) is 7.44. The number of nitrogens with one attached hydrogen (secondary N) is 2. The molecule has 30 heavy (non-hydrogen) atoms. The lowest BCUT2D eigenvalue weighted by atomic mass is 10.1. The van der Waals surface area contributed by atoms with Gasteiger partial charge < -0.3 is 10.2 Å². The molecule has 1 aliphatic rings. The molecule has 3 N–H and O–H groups in total. The molecule has 2 aromatic rings. The lowest BCUT2D eigenvalue weighted by molar-refractivity contribution is -0.129. The van der Waals surface area contributed by atoms with Crippen LogP contribution in [-0.2, 0) is 21.2 Å². The fraction of sp³-hybridized carbons (Fsp3) is 0.300. The Morgan fingerprint density at radius 2 is 1.90 bits per heavy atom. The minimum atomic E-state index is -4.08. The summed E-state index contributed by atoms with van der Waals surface area (Å²) in [6.07, 6.45) is 0. The molecule has 2 aromatic carbocycles. The first kappa shape index (κ1) is 21.7. The topological polar surface area (TPSA) is 116 Å². The van der Waals surface area contributed by atoms with Crippen LogP contribution >= 0.6 is 0 Å². The third-order valence-electron chi connectivity index (χ3n) is 5.21. The molecule has 10 heteroatoms. The van der Waals surface area contributed by atoms with Crippen LogP contribution in [0.25, 0.3) is 0 Å². The van der Waals surface area contributed by atoms with Crippen LogP contribution in [0.3, 0.4) is 0 Å². The largest absolute Gasteiger partial charge is 0.366 e. The van der Waals surface area contributed by atoms with Crippen LogP contribution in [0.1, 0.15) is 29.8 Å². The maximum Gasteiger partial charge on any atom is 0.264 e. The summed E-state index contributed by atoms with van der Waals surface area (Å²) in [6, 6.07) is 9.35. The van der Waals surface area contributed by atoms with Gasteiger partial charge >= 0.3 is 0 Å². The fourth-order valence-corrected chi connectivity index (χ4v) is 5.70. The van der Waals surface area contributed by atoms with Gasteiger partial charge in [0.1, 0.15) is 5.82 Å². The Morgan fingerprint density at radius 3 is 2.53 bits per heavy atom. The zero-order valence-electron chi connectivity index (χ0n) is 16.4. The van der Waals surface area contributed by atoms with Crippen molar-refractivity contribution >= 4 is 27.3 Å². The number of fused-ring (bicyclic) bond motifs is 1. The van der Waals surface area contributed by atoms with Crippen molar-refractivity contribution in [3.8, 4) is 0 Å². The minimum absolute atomic E-state index is 0.0203. The number of halogens is 1. The highest BCUT2D eigenvalue weighted by Gasteiger charge is 2.46. The first-order chi connectivity index (χ1) is 14.2. The fourth-order valence-electron chi connectivity index (χ4n) is 3.70. The van der Waals surface area contributed by atoms with Crippen LogP contribution in [0, 0.1) is 5.82 Å². The van der Waals surface area contributed by atoms with Crippen LogP contribution in [-0.4, -0.2) is 43.3 Å². The minimum Gasteiger partial charge on any atom is -0.366 e. The van der Waals surface area contributed by atoms with Crippen LogP contribution in [0.2, 0.25) is 0 Å². The van der Waals surface area contributed by atoms with Crippen molar-refractivity contribution < 1.29 is 27.6 Å². The Bertz CT molecular complexity index is 1090. The molecule has 0 fully saturated rings. The molecular weight excluding hydrogens is 413 g/mol. The molecule has 1 aliphatic heterocycles. The highest BCUT2D eigenvalue weighted by atomic mass is 32.2. The summed E-state index contributed by atoms with van der Waals surface area (Å²) in [7, 11) is -4.08. The number of carbonyl (C=O) groups is 2. The first-order valence-corrected chi connectivity index (χ1v) is 10.9. The molecule has 0 radical (unpaired) electrons. The third kappa shape index (κ3) is 3.75. The number of hydrogen-bond donors (Lipinski definition) is 3. The monoisotopic (exact) mass is 435 g/mol. The van der Waals surface area contributed by atoms with E-state index in [0.29, 0.717) is 17.8 Å². The first-order valence-electron chi connectivity index (χ1n) is 9.32. The van der Waals surface area contributed by atoms with Crippen molar-refractivity contribution in [2.45, 2.75) is 36.6 Å². The maximum absolute atomic E-state index is 13.7. The zero-order chi connectivity index (χ0) is 22.1. The molecule has 1 heterocycles. The molecule has 3 rings (SSSR count). The number of carbonyl (C=O) groups excluding carboxylic acids is 2. The van der Waals surface area contributed by atoms with Crippen molar-refractivity contribution in [1.82, 2.24) is 10.8 Å². The van der Waals surface area contributed by atoms with E-state index < -0.39 is 38.8 Å². The van der Waals surface area contributed by atoms with Crippen molar-refractivity contribution in [2.24, 2.45) is 0 Å². The highest BCUT2D eigenvalue weighted by Crippen LogP contribution is 2.38. The Hall–Kier alpha value is -2.98. The molecule has 160 valence electrons. The summed E-state index contributed by atoms with van der Waals surface area (Å²) in [6.45, 7) is 3.71. The number of benzene rings is 2. The van der Waals surface area contributed by atoms with E-state index in [-0.39, 0.29) is 17.0 Å². The van der Waals surface area contributed by atoms with Crippen LogP contribution in [0.15, 0.2) is 47.4 Å². The van der Waals surface area contributed by atoms with Gasteiger partial charge in [0.25, 0.3) is 11.8 Å². The second-order valence-corrected chi connectivity index (χ2v) is 8.96. The quantitative estimate of drug-likeness (QED) is 0.486. The molecule has 0 aromatic heterocycles. The summed E-state index contributed by atoms with van der Waals surface area (Å²) < 4.78 is 39.7. The van der Waals surface area contributed by atoms with Gasteiger partial charge in [0, 0.05) is 24.2 Å². The van der Waals surface area contributed by atoms with Gasteiger partial charge in [0.2, 0.25) is 0 Å². The number of amides is 2. The van der Waals surface area contributed by atoms with Gasteiger partial charge in [0.15, 0.2) is 15.1 Å². The van der Waals surface area contributed by atoms with E-state index >= 15 is 0 Å². The Kier molecular flexibility index (Phi) is 6.09. The molecule has 0 saturated heterocycles. The van der Waals surface area contributed by atoms with Gasteiger partial charge in [0.05, 0.1) is 16.6 Å². The molecule has 2 amide bonds. The van der Waals surface area contributed by atoms with E-state index in [9.17, 15) is 22.4 Å². The lowest BCUT2D eigenvalue weighted by Gasteiger charge is -2.40. The van der Waals surface area contributed by atoms with Crippen LogP contribution in [0.5, 0.6) is 0 Å². The average Bonchev–Trinajstić information content (AvgIpc) is 2.72. The van der Waals surface area contributed by atoms with E-state index in [1.807, 2.05) is 0 Å². The number of sulfone groups is 1. The molecular formula is C20H22FN3O5S. The van der Waals surface area contributed by atoms with E-state index in [1.165, 1.54) is 29.7 Å². The Labute approximate surface area is 173 Å². The zero-order valence-corrected chi connectivity index (χ0v) is 17.2. The van der Waals surface area contributed by atoms with Gasteiger partial charge in [-0.15, -0.1) is 0 Å². The van der Waals surface area contributed by atoms with Gasteiger partial charge in [-0.1, -0.05) is 18.2 Å². The normalized spacial score (nSPS) is 19.7. The number of hydroxylamine groups is 1. The molecule has 0 saturated carbocycles. The summed E-state index contributed by atoms with van der Waals surface area (Å²) in [5.74, 6) is -1.94. The summed E-state index contributed by atoms with van der Waals surface area (Å²) in [5.41, 5.74) is 2.25. The summed E-state index contributed by atoms with van der Waals surface area (Å²) in [5, 5.41) is 10.1. The van der Waals surface area contributed by atoms with E-state index in [4.69, 9.17) is 5.21 Å². The van der Waals surface area contributed by atoms with E-state index in [1.54, 1.807) is 36.9 Å². The summed E-state index contributed by atoms with van der Waals surface area (Å²) in [4.78, 5) is 26.2. The predicted molar refractivity (Wildman–Crippen MR) is 107 cm³/mol. The average molecular weight is 435 g/mol. The van der Waals surface area contributed by atoms with Gasteiger partial charge in [-0.2, -0.15) is 0 Å². The van der Waals surface area contributed by atoms with Gasteiger partial charge in [-0.05, 0) is 38.1 Å². The van der Waals surface area contributed by atoms with Gasteiger partial charge in [-0.25, -0.2) is 18.3 Å². The Morgan fingerprint density at radius 1 is 1.20 bits per heavy atom. The van der Waals surface area contributed by atoms with Crippen molar-refractivity contribution in [3.63, 3.8) is 0 Å². The molecule has 0 spiro atoms. The number of hydrogen-bond acceptors (Lipinski definition) is 6. The van der Waals surface area contributed by atoms with Gasteiger partial charge in [-0.3, -0.25) is 14.8 Å². The number of anilines is 1. The van der Waals surface area contributed by atoms with Crippen molar-refractivity contribution in [3.05, 3.63) is 59.4 Å². The maximum atomic E-state index is 13.7. The van der Waals surface area contributed by atoms with Crippen molar-refractivity contribution in [1.29, 1.82) is 0 Å². The van der Waals surface area contributed by atoms with Crippen LogP contribution in [0.4, 0.5) is 10.1 Å². The summed E-state index contributed by atoms with van der Waals surface area (Å²) >= 11 is 0.